The van der Waals surface area contributed by atoms with Crippen LogP contribution >= 0.6 is 0 Å². The molecule has 0 radical (unpaired) electrons. The van der Waals surface area contributed by atoms with Crippen molar-refractivity contribution in [2.45, 2.75) is 62.7 Å². The molecule has 0 aliphatic carbocycles. The molecule has 2 fully saturated rings. The third-order valence-corrected chi connectivity index (χ3v) is 5.89. The summed E-state index contributed by atoms with van der Waals surface area (Å²) >= 11 is 0. The molecule has 0 amide bonds. The van der Waals surface area contributed by atoms with Crippen LogP contribution in [0, 0.1) is 0 Å². The second-order valence-electron chi connectivity index (χ2n) is 7.60. The summed E-state index contributed by atoms with van der Waals surface area (Å²) in [6.45, 7) is 3.91. The number of hydrogen-bond acceptors (Lipinski definition) is 9. The van der Waals surface area contributed by atoms with Crippen molar-refractivity contribution >= 4 is 0 Å². The van der Waals surface area contributed by atoms with Gasteiger partial charge in [-0.1, -0.05) is 12.1 Å². The van der Waals surface area contributed by atoms with Gasteiger partial charge in [0.1, 0.15) is 30.2 Å². The maximum Gasteiger partial charge on any atom is 0.220 e. The highest BCUT2D eigenvalue weighted by Crippen LogP contribution is 2.43. The lowest BCUT2D eigenvalue weighted by molar-refractivity contribution is -0.483. The smallest absolute Gasteiger partial charge is 0.220 e. The Morgan fingerprint density at radius 3 is 2.07 bits per heavy atom. The first-order chi connectivity index (χ1) is 14.3. The lowest BCUT2D eigenvalue weighted by Crippen LogP contribution is -2.73. The van der Waals surface area contributed by atoms with Gasteiger partial charge in [0.15, 0.2) is 6.29 Å². The van der Waals surface area contributed by atoms with Crippen LogP contribution in [0.15, 0.2) is 24.3 Å². The fourth-order valence-corrected chi connectivity index (χ4v) is 3.69. The lowest BCUT2D eigenvalue weighted by atomic mass is 9.94. The van der Waals surface area contributed by atoms with Crippen LogP contribution in [0.4, 0.5) is 0 Å². The highest BCUT2D eigenvalue weighted by molar-refractivity contribution is 5.26. The van der Waals surface area contributed by atoms with Crippen LogP contribution < -0.4 is 4.74 Å². The molecule has 170 valence electrons. The van der Waals surface area contributed by atoms with Gasteiger partial charge in [0.2, 0.25) is 11.6 Å². The van der Waals surface area contributed by atoms with Gasteiger partial charge >= 0.3 is 0 Å². The lowest BCUT2D eigenvalue weighted by Gasteiger charge is -2.56. The average molecular weight is 428 g/mol. The van der Waals surface area contributed by atoms with Crippen LogP contribution in [0.2, 0.25) is 0 Å². The normalized spacial score (nSPS) is 38.8. The quantitative estimate of drug-likeness (QED) is 0.660. The molecule has 2 saturated heterocycles. The van der Waals surface area contributed by atoms with E-state index in [1.165, 1.54) is 21.3 Å². The Labute approximate surface area is 177 Å². The predicted molar refractivity (Wildman–Crippen MR) is 105 cm³/mol. The predicted octanol–water partition coefficient (Wildman–Crippen LogP) is 1.45. The molecule has 0 aromatic heterocycles. The van der Waals surface area contributed by atoms with Gasteiger partial charge in [-0.05, 0) is 31.5 Å². The third-order valence-electron chi connectivity index (χ3n) is 5.89. The molecule has 2 heterocycles. The van der Waals surface area contributed by atoms with Crippen molar-refractivity contribution in [2.24, 2.45) is 0 Å². The summed E-state index contributed by atoms with van der Waals surface area (Å²) in [6, 6.07) is 7.56. The minimum Gasteiger partial charge on any atom is -0.497 e. The SMILES string of the molecule is COc1ccc(COC[C@H]2O[C@H](OC)[C@@H]3O[C@@](C)(OC)[C@](C)(OC)O[C@H]3[C@@H]2O)cc1. The maximum absolute atomic E-state index is 10.9. The van der Waals surface area contributed by atoms with Crippen molar-refractivity contribution in [1.82, 2.24) is 0 Å². The fraction of sp³-hybridized carbons (Fsp3) is 0.714. The van der Waals surface area contributed by atoms with Gasteiger partial charge in [-0.3, -0.25) is 0 Å². The second kappa shape index (κ2) is 9.46. The van der Waals surface area contributed by atoms with Gasteiger partial charge in [-0.15, -0.1) is 0 Å². The van der Waals surface area contributed by atoms with Crippen LogP contribution in [-0.2, 0) is 39.8 Å². The van der Waals surface area contributed by atoms with E-state index in [9.17, 15) is 5.11 Å². The first kappa shape index (κ1) is 23.4. The van der Waals surface area contributed by atoms with E-state index in [2.05, 4.69) is 0 Å². The molecule has 0 saturated carbocycles. The Morgan fingerprint density at radius 2 is 1.53 bits per heavy atom. The second-order valence-corrected chi connectivity index (χ2v) is 7.60. The Bertz CT molecular complexity index is 684. The number of ether oxygens (including phenoxy) is 8. The van der Waals surface area contributed by atoms with E-state index in [1.54, 1.807) is 21.0 Å². The summed E-state index contributed by atoms with van der Waals surface area (Å²) in [5.74, 6) is -1.69. The van der Waals surface area contributed by atoms with Crippen LogP contribution in [0.25, 0.3) is 0 Å². The summed E-state index contributed by atoms with van der Waals surface area (Å²) in [4.78, 5) is 0. The Morgan fingerprint density at radius 1 is 0.933 bits per heavy atom. The molecule has 0 spiro atoms. The molecule has 3 rings (SSSR count). The summed E-state index contributed by atoms with van der Waals surface area (Å²) in [5, 5.41) is 10.9. The van der Waals surface area contributed by atoms with Crippen molar-refractivity contribution in [2.75, 3.05) is 35.0 Å². The van der Waals surface area contributed by atoms with Crippen molar-refractivity contribution < 1.29 is 43.0 Å². The number of rotatable bonds is 8. The topological polar surface area (TPSA) is 94.1 Å². The largest absolute Gasteiger partial charge is 0.497 e. The summed E-state index contributed by atoms with van der Waals surface area (Å²) < 4.78 is 45.6. The molecule has 2 aliphatic rings. The number of aliphatic hydroxyl groups is 1. The molecule has 1 aromatic rings. The Hall–Kier alpha value is -1.30. The van der Waals surface area contributed by atoms with Gasteiger partial charge in [-0.2, -0.15) is 0 Å². The third kappa shape index (κ3) is 4.35. The Kier molecular flexibility index (Phi) is 7.36. The van der Waals surface area contributed by atoms with Crippen molar-refractivity contribution in [3.8, 4) is 5.75 Å². The summed E-state index contributed by atoms with van der Waals surface area (Å²) in [6.07, 6.45) is -3.94. The molecule has 1 aromatic carbocycles. The van der Waals surface area contributed by atoms with Crippen molar-refractivity contribution in [3.05, 3.63) is 29.8 Å². The van der Waals surface area contributed by atoms with E-state index in [0.29, 0.717) is 6.61 Å². The molecule has 0 bridgehead atoms. The zero-order valence-corrected chi connectivity index (χ0v) is 18.3. The monoisotopic (exact) mass is 428 g/mol. The van der Waals surface area contributed by atoms with Gasteiger partial charge in [0, 0.05) is 21.3 Å². The van der Waals surface area contributed by atoms with Crippen LogP contribution in [0.1, 0.15) is 19.4 Å². The van der Waals surface area contributed by atoms with Gasteiger partial charge < -0.3 is 43.0 Å². The van der Waals surface area contributed by atoms with E-state index in [-0.39, 0.29) is 6.61 Å². The number of aliphatic hydroxyl groups excluding tert-OH is 1. The van der Waals surface area contributed by atoms with E-state index in [0.717, 1.165) is 11.3 Å². The molecular formula is C21H32O9. The van der Waals surface area contributed by atoms with Crippen molar-refractivity contribution in [1.29, 1.82) is 0 Å². The first-order valence-electron chi connectivity index (χ1n) is 9.83. The zero-order chi connectivity index (χ0) is 21.9. The van der Waals surface area contributed by atoms with E-state index >= 15 is 0 Å². The Balaban J connectivity index is 1.67. The van der Waals surface area contributed by atoms with E-state index in [4.69, 9.17) is 37.9 Å². The molecular weight excluding hydrogens is 396 g/mol. The van der Waals surface area contributed by atoms with Crippen LogP contribution in [0.3, 0.4) is 0 Å². The first-order valence-corrected chi connectivity index (χ1v) is 9.83. The zero-order valence-electron chi connectivity index (χ0n) is 18.3. The van der Waals surface area contributed by atoms with Crippen molar-refractivity contribution in [3.63, 3.8) is 0 Å². The van der Waals surface area contributed by atoms with Gasteiger partial charge in [0.05, 0.1) is 20.3 Å². The molecule has 0 unspecified atom stereocenters. The maximum atomic E-state index is 10.9. The number of benzene rings is 1. The van der Waals surface area contributed by atoms with E-state index < -0.39 is 42.3 Å². The standard InChI is InChI=1S/C21H32O9/c1-20(25-5)21(2,26-6)30-18-17(29-20)16(22)15(28-19(18)24-4)12-27-11-13-7-9-14(23-3)10-8-13/h7-10,15-19,22H,11-12H2,1-6H3/t15-,16-,17+,18-,19+,20-,21-/m1/s1. The fourth-order valence-electron chi connectivity index (χ4n) is 3.69. The van der Waals surface area contributed by atoms with Crippen LogP contribution in [0.5, 0.6) is 5.75 Å². The molecule has 7 atom stereocenters. The minimum absolute atomic E-state index is 0.144. The van der Waals surface area contributed by atoms with Gasteiger partial charge in [-0.25, -0.2) is 0 Å². The number of fused-ring (bicyclic) bond motifs is 1. The number of hydrogen-bond donors (Lipinski definition) is 1. The summed E-state index contributed by atoms with van der Waals surface area (Å²) in [7, 11) is 6.12. The molecule has 2 aliphatic heterocycles. The average Bonchev–Trinajstić information content (AvgIpc) is 2.77. The number of methoxy groups -OCH3 is 4. The highest BCUT2D eigenvalue weighted by atomic mass is 16.8. The highest BCUT2D eigenvalue weighted by Gasteiger charge is 2.62. The van der Waals surface area contributed by atoms with Gasteiger partial charge in [0.25, 0.3) is 0 Å². The molecule has 1 N–H and O–H groups in total. The minimum atomic E-state index is -1.24. The van der Waals surface area contributed by atoms with Crippen LogP contribution in [-0.4, -0.2) is 82.4 Å². The molecule has 30 heavy (non-hydrogen) atoms. The summed E-state index contributed by atoms with van der Waals surface area (Å²) in [5.41, 5.74) is 0.974. The van der Waals surface area contributed by atoms with E-state index in [1.807, 2.05) is 24.3 Å². The molecule has 9 nitrogen and oxygen atoms in total. The molecule has 9 heteroatoms.